The van der Waals surface area contributed by atoms with E-state index in [4.69, 9.17) is 4.74 Å². The van der Waals surface area contributed by atoms with Crippen molar-refractivity contribution in [1.82, 2.24) is 5.32 Å². The summed E-state index contributed by atoms with van der Waals surface area (Å²) in [6.07, 6.45) is 0.921. The summed E-state index contributed by atoms with van der Waals surface area (Å²) < 4.78 is 27.8. The van der Waals surface area contributed by atoms with Crippen LogP contribution in [0.15, 0.2) is 0 Å². The van der Waals surface area contributed by atoms with E-state index in [9.17, 15) is 8.42 Å². The van der Waals surface area contributed by atoms with Gasteiger partial charge in [-0.25, -0.2) is 8.42 Å². The van der Waals surface area contributed by atoms with Gasteiger partial charge in [-0.3, -0.25) is 0 Å². The van der Waals surface area contributed by atoms with Gasteiger partial charge >= 0.3 is 0 Å². The average Bonchev–Trinajstić information content (AvgIpc) is 1.94. The number of sulfone groups is 1. The molecule has 0 saturated carbocycles. The predicted molar refractivity (Wildman–Crippen MR) is 51.6 cm³/mol. The lowest BCUT2D eigenvalue weighted by Gasteiger charge is -2.26. The minimum atomic E-state index is -2.86. The summed E-state index contributed by atoms with van der Waals surface area (Å²) in [7, 11) is -2.86. The first-order valence-corrected chi connectivity index (χ1v) is 6.49. The van der Waals surface area contributed by atoms with Crippen LogP contribution in [0.3, 0.4) is 0 Å². The summed E-state index contributed by atoms with van der Waals surface area (Å²) in [6, 6.07) is 0. The Balaban J connectivity index is 2.09. The smallest absolute Gasteiger partial charge is 0.152 e. The van der Waals surface area contributed by atoms with E-state index in [-0.39, 0.29) is 17.6 Å². The lowest BCUT2D eigenvalue weighted by atomic mass is 10.2. The Morgan fingerprint density at radius 3 is 2.54 bits per heavy atom. The molecule has 0 aliphatic carbocycles. The highest BCUT2D eigenvalue weighted by molar-refractivity contribution is 7.91. The molecule has 5 heteroatoms. The van der Waals surface area contributed by atoms with Crippen LogP contribution in [0.1, 0.15) is 13.3 Å². The van der Waals surface area contributed by atoms with Crippen LogP contribution in [0.4, 0.5) is 0 Å². The molecule has 78 valence electrons. The zero-order chi connectivity index (χ0) is 9.73. The van der Waals surface area contributed by atoms with Crippen molar-refractivity contribution in [2.75, 3.05) is 31.2 Å². The van der Waals surface area contributed by atoms with Gasteiger partial charge in [0.25, 0.3) is 0 Å². The van der Waals surface area contributed by atoms with Gasteiger partial charge in [-0.1, -0.05) is 6.92 Å². The Hall–Kier alpha value is -0.130. The summed E-state index contributed by atoms with van der Waals surface area (Å²) in [5.41, 5.74) is 0. The maximum atomic E-state index is 11.2. The Morgan fingerprint density at radius 1 is 1.38 bits per heavy atom. The predicted octanol–water partition coefficient (Wildman–Crippen LogP) is -0.200. The van der Waals surface area contributed by atoms with Crippen LogP contribution in [0.25, 0.3) is 0 Å². The van der Waals surface area contributed by atoms with E-state index < -0.39 is 9.84 Å². The Bertz CT molecular complexity index is 234. The molecule has 1 saturated heterocycles. The van der Waals surface area contributed by atoms with Crippen LogP contribution in [0, 0.1) is 0 Å². The molecule has 1 aliphatic heterocycles. The number of hydrogen-bond donors (Lipinski definition) is 1. The normalized spacial score (nSPS) is 18.5. The lowest BCUT2D eigenvalue weighted by molar-refractivity contribution is 0.0281. The van der Waals surface area contributed by atoms with E-state index in [2.05, 4.69) is 5.32 Å². The van der Waals surface area contributed by atoms with Crippen LogP contribution in [-0.2, 0) is 14.6 Å². The summed E-state index contributed by atoms with van der Waals surface area (Å²) in [5.74, 6) is 0.441. The Kier molecular flexibility index (Phi) is 4.15. The summed E-state index contributed by atoms with van der Waals surface area (Å²) >= 11 is 0. The van der Waals surface area contributed by atoms with E-state index in [0.717, 1.165) is 13.1 Å². The van der Waals surface area contributed by atoms with Crippen molar-refractivity contribution < 1.29 is 13.2 Å². The van der Waals surface area contributed by atoms with Crippen molar-refractivity contribution in [2.45, 2.75) is 19.4 Å². The molecule has 4 nitrogen and oxygen atoms in total. The van der Waals surface area contributed by atoms with Crippen LogP contribution < -0.4 is 5.32 Å². The van der Waals surface area contributed by atoms with Gasteiger partial charge in [0.1, 0.15) is 0 Å². The third-order valence-corrected chi connectivity index (χ3v) is 3.83. The van der Waals surface area contributed by atoms with Crippen molar-refractivity contribution in [2.24, 2.45) is 0 Å². The molecule has 0 radical (unpaired) electrons. The first-order valence-electron chi connectivity index (χ1n) is 4.67. The molecule has 1 fully saturated rings. The minimum Gasteiger partial charge on any atom is -0.375 e. The molecule has 1 N–H and O–H groups in total. The van der Waals surface area contributed by atoms with Crippen molar-refractivity contribution in [3.05, 3.63) is 0 Å². The van der Waals surface area contributed by atoms with Crippen molar-refractivity contribution in [3.63, 3.8) is 0 Å². The number of rotatable bonds is 6. The average molecular weight is 207 g/mol. The van der Waals surface area contributed by atoms with Crippen LogP contribution >= 0.6 is 0 Å². The van der Waals surface area contributed by atoms with Gasteiger partial charge in [0.15, 0.2) is 9.84 Å². The van der Waals surface area contributed by atoms with Gasteiger partial charge < -0.3 is 10.1 Å². The summed E-state index contributed by atoms with van der Waals surface area (Å²) in [5, 5.41) is 3.06. The van der Waals surface area contributed by atoms with Crippen molar-refractivity contribution in [3.8, 4) is 0 Å². The van der Waals surface area contributed by atoms with Crippen LogP contribution in [-0.4, -0.2) is 45.7 Å². The minimum absolute atomic E-state index is 0.164. The van der Waals surface area contributed by atoms with Gasteiger partial charge in [-0.2, -0.15) is 0 Å². The molecule has 0 bridgehead atoms. The second-order valence-corrected chi connectivity index (χ2v) is 5.61. The van der Waals surface area contributed by atoms with Crippen molar-refractivity contribution in [1.29, 1.82) is 0 Å². The van der Waals surface area contributed by atoms with Gasteiger partial charge in [0, 0.05) is 18.8 Å². The molecular formula is C8H17NO3S. The third-order valence-electron chi connectivity index (χ3n) is 2.01. The van der Waals surface area contributed by atoms with Crippen molar-refractivity contribution >= 4 is 9.84 Å². The highest BCUT2D eigenvalue weighted by Crippen LogP contribution is 2.00. The Morgan fingerprint density at radius 2 is 2.08 bits per heavy atom. The molecule has 0 aromatic rings. The first kappa shape index (κ1) is 10.9. The third kappa shape index (κ3) is 4.06. The van der Waals surface area contributed by atoms with Gasteiger partial charge in [0.2, 0.25) is 0 Å². The quantitative estimate of drug-likeness (QED) is 0.655. The fraction of sp³-hybridized carbons (Fsp3) is 1.00. The molecule has 0 aromatic heterocycles. The second kappa shape index (κ2) is 4.93. The first-order chi connectivity index (χ1) is 6.14. The molecular weight excluding hydrogens is 190 g/mol. The van der Waals surface area contributed by atoms with E-state index in [1.165, 1.54) is 0 Å². The molecule has 0 atom stereocenters. The van der Waals surface area contributed by atoms with E-state index in [1.807, 2.05) is 6.92 Å². The zero-order valence-corrected chi connectivity index (χ0v) is 8.77. The number of ether oxygens (including phenoxy) is 1. The second-order valence-electron chi connectivity index (χ2n) is 3.30. The molecule has 0 spiro atoms. The van der Waals surface area contributed by atoms with Crippen LogP contribution in [0.5, 0.6) is 0 Å². The van der Waals surface area contributed by atoms with Gasteiger partial charge in [-0.15, -0.1) is 0 Å². The fourth-order valence-corrected chi connectivity index (χ4v) is 2.31. The number of nitrogens with one attached hydrogen (secondary N) is 1. The maximum absolute atomic E-state index is 11.2. The maximum Gasteiger partial charge on any atom is 0.152 e. The zero-order valence-electron chi connectivity index (χ0n) is 7.95. The largest absolute Gasteiger partial charge is 0.375 e. The molecule has 0 aromatic carbocycles. The number of hydrogen-bond acceptors (Lipinski definition) is 4. The van der Waals surface area contributed by atoms with Gasteiger partial charge in [0.05, 0.1) is 18.5 Å². The summed E-state index contributed by atoms with van der Waals surface area (Å²) in [6.45, 7) is 3.92. The fourth-order valence-electron chi connectivity index (χ4n) is 1.13. The van der Waals surface area contributed by atoms with E-state index >= 15 is 0 Å². The summed E-state index contributed by atoms with van der Waals surface area (Å²) in [4.78, 5) is 0. The highest BCUT2D eigenvalue weighted by atomic mass is 32.2. The molecule has 0 unspecified atom stereocenters. The monoisotopic (exact) mass is 207 g/mol. The molecule has 1 heterocycles. The highest BCUT2D eigenvalue weighted by Gasteiger charge is 2.18. The topological polar surface area (TPSA) is 55.4 Å². The van der Waals surface area contributed by atoms with Gasteiger partial charge in [-0.05, 0) is 6.42 Å². The van der Waals surface area contributed by atoms with Crippen LogP contribution in [0.2, 0.25) is 0 Å². The molecule has 0 amide bonds. The van der Waals surface area contributed by atoms with E-state index in [0.29, 0.717) is 13.0 Å². The molecule has 1 aliphatic rings. The Labute approximate surface area is 79.6 Å². The van der Waals surface area contributed by atoms with E-state index in [1.54, 1.807) is 0 Å². The molecule has 13 heavy (non-hydrogen) atoms. The SMILES string of the molecule is CCCS(=O)(=O)CCOC1CNC1. The molecule has 1 rings (SSSR count). The standard InChI is InChI=1S/C8H17NO3S/c1-2-4-13(10,11)5-3-12-8-6-9-7-8/h8-9H,2-7H2,1H3. The lowest BCUT2D eigenvalue weighted by Crippen LogP contribution is -2.48.